The highest BCUT2D eigenvalue weighted by molar-refractivity contribution is 6.30. The molecule has 0 radical (unpaired) electrons. The molecule has 6 heteroatoms. The summed E-state index contributed by atoms with van der Waals surface area (Å²) in [5, 5.41) is 9.87. The van der Waals surface area contributed by atoms with Crippen molar-refractivity contribution in [3.63, 3.8) is 0 Å². The van der Waals surface area contributed by atoms with Crippen molar-refractivity contribution in [1.82, 2.24) is 14.3 Å². The van der Waals surface area contributed by atoms with Crippen LogP contribution >= 0.6 is 11.6 Å². The minimum Gasteiger partial charge on any atom is -0.476 e. The highest BCUT2D eigenvalue weighted by Crippen LogP contribution is 2.18. The van der Waals surface area contributed by atoms with Crippen molar-refractivity contribution in [2.45, 2.75) is 6.54 Å². The summed E-state index contributed by atoms with van der Waals surface area (Å²) < 4.78 is 1.71. The van der Waals surface area contributed by atoms with Gasteiger partial charge >= 0.3 is 5.97 Å². The molecule has 0 unspecified atom stereocenters. The molecule has 2 aromatic rings. The van der Waals surface area contributed by atoms with Gasteiger partial charge in [-0.2, -0.15) is 0 Å². The van der Waals surface area contributed by atoms with Crippen LogP contribution in [0.4, 0.5) is 0 Å². The fourth-order valence-corrected chi connectivity index (χ4v) is 2.33. The van der Waals surface area contributed by atoms with E-state index in [1.165, 1.54) is 0 Å². The lowest BCUT2D eigenvalue weighted by Crippen LogP contribution is -2.25. The lowest BCUT2D eigenvalue weighted by molar-refractivity contribution is 0.0688. The zero-order chi connectivity index (χ0) is 15.4. The molecule has 2 aromatic heterocycles. The maximum Gasteiger partial charge on any atom is 0.356 e. The Morgan fingerprint density at radius 2 is 2.05 bits per heavy atom. The van der Waals surface area contributed by atoms with E-state index >= 15 is 0 Å². The zero-order valence-electron chi connectivity index (χ0n) is 11.5. The predicted octanol–water partition coefficient (Wildman–Crippen LogP) is 2.86. The Balaban J connectivity index is 2.50. The van der Waals surface area contributed by atoms with Crippen LogP contribution in [0.1, 0.15) is 16.2 Å². The lowest BCUT2D eigenvalue weighted by Gasteiger charge is -2.18. The van der Waals surface area contributed by atoms with Crippen molar-refractivity contribution in [2.24, 2.45) is 0 Å². The molecular formula is C15H16ClN3O2. The monoisotopic (exact) mass is 305 g/mol. The number of imidazole rings is 1. The molecular weight excluding hydrogens is 290 g/mol. The standard InChI is InChI=1S/C15H16ClN3O2/c1-3-7-18(8-4-2)10-12-14(15(20)21)17-13-6-5-11(16)9-19(12)13/h3-6,9H,1-2,7-8,10H2,(H,20,21). The molecule has 2 rings (SSSR count). The number of rotatable bonds is 7. The fraction of sp³-hybridized carbons (Fsp3) is 0.200. The molecule has 21 heavy (non-hydrogen) atoms. The fourth-order valence-electron chi connectivity index (χ4n) is 2.17. The van der Waals surface area contributed by atoms with Crippen LogP contribution in [0.5, 0.6) is 0 Å². The van der Waals surface area contributed by atoms with E-state index in [2.05, 4.69) is 18.1 Å². The minimum absolute atomic E-state index is 0.0374. The zero-order valence-corrected chi connectivity index (χ0v) is 12.3. The summed E-state index contributed by atoms with van der Waals surface area (Å²) in [5.74, 6) is -1.05. The normalized spacial score (nSPS) is 11.0. The summed E-state index contributed by atoms with van der Waals surface area (Å²) in [6.07, 6.45) is 5.20. The summed E-state index contributed by atoms with van der Waals surface area (Å²) >= 11 is 6.00. The Kier molecular flexibility index (Phi) is 4.77. The van der Waals surface area contributed by atoms with Gasteiger partial charge in [0.25, 0.3) is 0 Å². The van der Waals surface area contributed by atoms with Gasteiger partial charge in [-0.15, -0.1) is 13.2 Å². The second-order valence-electron chi connectivity index (χ2n) is 4.56. The van der Waals surface area contributed by atoms with Crippen molar-refractivity contribution < 1.29 is 9.90 Å². The smallest absolute Gasteiger partial charge is 0.356 e. The van der Waals surface area contributed by atoms with Crippen molar-refractivity contribution >= 4 is 23.2 Å². The maximum absolute atomic E-state index is 11.4. The van der Waals surface area contributed by atoms with Crippen LogP contribution in [0.3, 0.4) is 0 Å². The molecule has 110 valence electrons. The number of hydrogen-bond acceptors (Lipinski definition) is 3. The van der Waals surface area contributed by atoms with E-state index in [4.69, 9.17) is 11.6 Å². The highest BCUT2D eigenvalue weighted by atomic mass is 35.5. The second-order valence-corrected chi connectivity index (χ2v) is 5.00. The topological polar surface area (TPSA) is 57.8 Å². The Morgan fingerprint density at radius 1 is 1.38 bits per heavy atom. The summed E-state index contributed by atoms with van der Waals surface area (Å²) in [7, 11) is 0. The molecule has 0 saturated heterocycles. The second kappa shape index (κ2) is 6.56. The van der Waals surface area contributed by atoms with Crippen LogP contribution in [0, 0.1) is 0 Å². The van der Waals surface area contributed by atoms with Gasteiger partial charge in [0, 0.05) is 25.8 Å². The number of carboxylic acid groups (broad SMARTS) is 1. The minimum atomic E-state index is -1.05. The van der Waals surface area contributed by atoms with E-state index in [-0.39, 0.29) is 5.69 Å². The summed E-state index contributed by atoms with van der Waals surface area (Å²) in [5.41, 5.74) is 1.18. The number of pyridine rings is 1. The average Bonchev–Trinajstić information content (AvgIpc) is 2.78. The Labute approximate surface area is 127 Å². The maximum atomic E-state index is 11.4. The number of carboxylic acids is 1. The number of hydrogen-bond donors (Lipinski definition) is 1. The van der Waals surface area contributed by atoms with E-state index in [0.29, 0.717) is 36.0 Å². The van der Waals surface area contributed by atoms with Gasteiger partial charge in [0.05, 0.1) is 10.7 Å². The van der Waals surface area contributed by atoms with Gasteiger partial charge in [-0.05, 0) is 12.1 Å². The van der Waals surface area contributed by atoms with E-state index < -0.39 is 5.97 Å². The third-order valence-electron chi connectivity index (χ3n) is 3.03. The average molecular weight is 306 g/mol. The van der Waals surface area contributed by atoms with Crippen LogP contribution in [-0.4, -0.2) is 38.4 Å². The van der Waals surface area contributed by atoms with E-state index in [9.17, 15) is 9.90 Å². The SMILES string of the molecule is C=CCN(CC=C)Cc1c(C(=O)O)nc2ccc(Cl)cn12. The van der Waals surface area contributed by atoms with E-state index in [1.807, 2.05) is 4.90 Å². The van der Waals surface area contributed by atoms with Crippen molar-refractivity contribution in [2.75, 3.05) is 13.1 Å². The van der Waals surface area contributed by atoms with Crippen LogP contribution in [-0.2, 0) is 6.54 Å². The Morgan fingerprint density at radius 3 is 2.62 bits per heavy atom. The summed E-state index contributed by atoms with van der Waals surface area (Å²) in [6, 6.07) is 3.38. The molecule has 0 amide bonds. The van der Waals surface area contributed by atoms with Gasteiger partial charge in [-0.3, -0.25) is 4.90 Å². The molecule has 0 fully saturated rings. The van der Waals surface area contributed by atoms with Gasteiger partial charge < -0.3 is 9.51 Å². The van der Waals surface area contributed by atoms with Crippen molar-refractivity contribution in [3.05, 3.63) is 60.0 Å². The third kappa shape index (κ3) is 3.32. The molecule has 2 heterocycles. The van der Waals surface area contributed by atoms with Crippen molar-refractivity contribution in [3.8, 4) is 0 Å². The first-order chi connectivity index (χ1) is 10.1. The first kappa shape index (κ1) is 15.3. The van der Waals surface area contributed by atoms with E-state index in [0.717, 1.165) is 0 Å². The number of nitrogens with zero attached hydrogens (tertiary/aromatic N) is 3. The van der Waals surface area contributed by atoms with Gasteiger partial charge in [-0.1, -0.05) is 23.8 Å². The number of fused-ring (bicyclic) bond motifs is 1. The molecule has 0 aliphatic rings. The Bertz CT molecular complexity index is 684. The van der Waals surface area contributed by atoms with Gasteiger partial charge in [0.1, 0.15) is 5.65 Å². The van der Waals surface area contributed by atoms with Crippen molar-refractivity contribution in [1.29, 1.82) is 0 Å². The lowest BCUT2D eigenvalue weighted by atomic mass is 10.3. The first-order valence-corrected chi connectivity index (χ1v) is 6.78. The third-order valence-corrected chi connectivity index (χ3v) is 3.26. The van der Waals surface area contributed by atoms with Crippen LogP contribution in [0.2, 0.25) is 5.02 Å². The molecule has 0 spiro atoms. The number of aromatic nitrogens is 2. The van der Waals surface area contributed by atoms with Gasteiger partial charge in [0.15, 0.2) is 5.69 Å². The predicted molar refractivity (Wildman–Crippen MR) is 82.8 cm³/mol. The molecule has 0 aliphatic carbocycles. The molecule has 0 bridgehead atoms. The first-order valence-electron chi connectivity index (χ1n) is 6.40. The van der Waals surface area contributed by atoms with Crippen LogP contribution < -0.4 is 0 Å². The van der Waals surface area contributed by atoms with Gasteiger partial charge in [0.2, 0.25) is 0 Å². The molecule has 0 aromatic carbocycles. The number of carbonyl (C=O) groups is 1. The molecule has 5 nitrogen and oxygen atoms in total. The number of aromatic carboxylic acids is 1. The quantitative estimate of drug-likeness (QED) is 0.799. The highest BCUT2D eigenvalue weighted by Gasteiger charge is 2.20. The summed E-state index contributed by atoms with van der Waals surface area (Å²) in [4.78, 5) is 17.6. The van der Waals surface area contributed by atoms with Crippen LogP contribution in [0.15, 0.2) is 43.6 Å². The molecule has 1 N–H and O–H groups in total. The van der Waals surface area contributed by atoms with E-state index in [1.54, 1.807) is 34.9 Å². The molecule has 0 atom stereocenters. The molecule has 0 aliphatic heterocycles. The number of halogens is 1. The van der Waals surface area contributed by atoms with Gasteiger partial charge in [-0.25, -0.2) is 9.78 Å². The van der Waals surface area contributed by atoms with Crippen LogP contribution in [0.25, 0.3) is 5.65 Å². The molecule has 0 saturated carbocycles. The Hall–Kier alpha value is -2.11. The largest absolute Gasteiger partial charge is 0.476 e. The summed E-state index contributed by atoms with van der Waals surface area (Å²) in [6.45, 7) is 9.09.